The van der Waals surface area contributed by atoms with Crippen LogP contribution in [0.2, 0.25) is 0 Å². The molecule has 5 nitrogen and oxygen atoms in total. The summed E-state index contributed by atoms with van der Waals surface area (Å²) in [6.07, 6.45) is 3.53. The SMILES string of the molecule is CSc1nc2ccc(NC(=O)CC[C@@H]3Cc4ccccc4NC3=O)cc2s1. The van der Waals surface area contributed by atoms with E-state index in [4.69, 9.17) is 0 Å². The van der Waals surface area contributed by atoms with Crippen molar-refractivity contribution >= 4 is 56.5 Å². The Balaban J connectivity index is 1.36. The van der Waals surface area contributed by atoms with Crippen molar-refractivity contribution in [2.75, 3.05) is 16.9 Å². The number of thiazole rings is 1. The van der Waals surface area contributed by atoms with Crippen molar-refractivity contribution in [1.82, 2.24) is 4.98 Å². The van der Waals surface area contributed by atoms with Gasteiger partial charge in [0.25, 0.3) is 0 Å². The number of rotatable bonds is 5. The lowest BCUT2D eigenvalue weighted by atomic mass is 9.89. The highest BCUT2D eigenvalue weighted by atomic mass is 32.2. The van der Waals surface area contributed by atoms with Gasteiger partial charge in [-0.2, -0.15) is 0 Å². The van der Waals surface area contributed by atoms with Crippen LogP contribution in [0.15, 0.2) is 46.8 Å². The van der Waals surface area contributed by atoms with Crippen molar-refractivity contribution < 1.29 is 9.59 Å². The van der Waals surface area contributed by atoms with E-state index in [1.807, 2.05) is 48.7 Å². The van der Waals surface area contributed by atoms with E-state index in [2.05, 4.69) is 15.6 Å². The van der Waals surface area contributed by atoms with Crippen molar-refractivity contribution in [3.8, 4) is 0 Å². The molecule has 138 valence electrons. The lowest BCUT2D eigenvalue weighted by molar-refractivity contribution is -0.121. The molecule has 0 spiro atoms. The summed E-state index contributed by atoms with van der Waals surface area (Å²) >= 11 is 3.23. The Hall–Kier alpha value is -2.38. The first-order valence-electron chi connectivity index (χ1n) is 8.75. The van der Waals surface area contributed by atoms with Crippen LogP contribution in [-0.4, -0.2) is 23.1 Å². The Labute approximate surface area is 165 Å². The van der Waals surface area contributed by atoms with Gasteiger partial charge in [0.15, 0.2) is 4.34 Å². The van der Waals surface area contributed by atoms with E-state index in [1.165, 1.54) is 0 Å². The molecular weight excluding hydrogens is 378 g/mol. The second kappa shape index (κ2) is 7.70. The highest BCUT2D eigenvalue weighted by molar-refractivity contribution is 8.00. The number of benzene rings is 2. The second-order valence-corrected chi connectivity index (χ2v) is 8.58. The molecule has 0 fully saturated rings. The van der Waals surface area contributed by atoms with Gasteiger partial charge in [0, 0.05) is 23.7 Å². The molecule has 27 heavy (non-hydrogen) atoms. The van der Waals surface area contributed by atoms with Crippen LogP contribution < -0.4 is 10.6 Å². The quantitative estimate of drug-likeness (QED) is 0.620. The lowest BCUT2D eigenvalue weighted by Crippen LogP contribution is -2.30. The van der Waals surface area contributed by atoms with Gasteiger partial charge >= 0.3 is 0 Å². The van der Waals surface area contributed by atoms with Gasteiger partial charge in [-0.25, -0.2) is 4.98 Å². The van der Waals surface area contributed by atoms with Gasteiger partial charge in [0.1, 0.15) is 0 Å². The fraction of sp³-hybridized carbons (Fsp3) is 0.250. The molecule has 2 amide bonds. The minimum Gasteiger partial charge on any atom is -0.326 e. The Morgan fingerprint density at radius 3 is 3.04 bits per heavy atom. The fourth-order valence-electron chi connectivity index (χ4n) is 3.24. The average molecular weight is 398 g/mol. The van der Waals surface area contributed by atoms with E-state index in [-0.39, 0.29) is 17.7 Å². The summed E-state index contributed by atoms with van der Waals surface area (Å²) in [6.45, 7) is 0. The number of hydrogen-bond donors (Lipinski definition) is 2. The molecule has 0 radical (unpaired) electrons. The van der Waals surface area contributed by atoms with Gasteiger partial charge in [-0.1, -0.05) is 30.0 Å². The van der Waals surface area contributed by atoms with Gasteiger partial charge in [-0.05, 0) is 48.9 Å². The number of para-hydroxylation sites is 1. The Kier molecular flexibility index (Phi) is 5.13. The molecule has 1 aromatic heterocycles. The topological polar surface area (TPSA) is 71.1 Å². The molecule has 4 rings (SSSR count). The maximum absolute atomic E-state index is 12.3. The third kappa shape index (κ3) is 3.99. The molecule has 3 aromatic rings. The summed E-state index contributed by atoms with van der Waals surface area (Å²) in [5, 5.41) is 5.87. The van der Waals surface area contributed by atoms with Crippen LogP contribution in [0.25, 0.3) is 10.2 Å². The van der Waals surface area contributed by atoms with Gasteiger partial charge < -0.3 is 10.6 Å². The van der Waals surface area contributed by atoms with E-state index in [1.54, 1.807) is 23.1 Å². The molecule has 1 atom stereocenters. The third-order valence-electron chi connectivity index (χ3n) is 4.66. The van der Waals surface area contributed by atoms with Crippen LogP contribution >= 0.6 is 23.1 Å². The lowest BCUT2D eigenvalue weighted by Gasteiger charge is -2.24. The van der Waals surface area contributed by atoms with Crippen molar-refractivity contribution in [1.29, 1.82) is 0 Å². The van der Waals surface area contributed by atoms with E-state index in [0.717, 1.165) is 31.5 Å². The molecule has 2 heterocycles. The predicted octanol–water partition coefficient (Wildman–Crippen LogP) is 4.55. The Morgan fingerprint density at radius 1 is 1.33 bits per heavy atom. The normalized spacial score (nSPS) is 16.0. The summed E-state index contributed by atoms with van der Waals surface area (Å²) in [5.74, 6) is -0.244. The van der Waals surface area contributed by atoms with Crippen molar-refractivity contribution in [3.63, 3.8) is 0 Å². The number of nitrogens with one attached hydrogen (secondary N) is 2. The van der Waals surface area contributed by atoms with Gasteiger partial charge in [0.05, 0.1) is 10.2 Å². The highest BCUT2D eigenvalue weighted by Gasteiger charge is 2.26. The number of amides is 2. The molecule has 1 aliphatic heterocycles. The minimum atomic E-state index is -0.168. The number of hydrogen-bond acceptors (Lipinski definition) is 5. The van der Waals surface area contributed by atoms with Crippen molar-refractivity contribution in [3.05, 3.63) is 48.0 Å². The largest absolute Gasteiger partial charge is 0.326 e. The summed E-state index contributed by atoms with van der Waals surface area (Å²) in [5.41, 5.74) is 3.72. The number of carbonyl (C=O) groups excluding carboxylic acids is 2. The van der Waals surface area contributed by atoms with E-state index in [9.17, 15) is 9.59 Å². The highest BCUT2D eigenvalue weighted by Crippen LogP contribution is 2.30. The Morgan fingerprint density at radius 2 is 2.19 bits per heavy atom. The summed E-state index contributed by atoms with van der Waals surface area (Å²) < 4.78 is 2.07. The smallest absolute Gasteiger partial charge is 0.227 e. The molecule has 0 saturated heterocycles. The summed E-state index contributed by atoms with van der Waals surface area (Å²) in [4.78, 5) is 29.1. The molecule has 2 N–H and O–H groups in total. The van der Waals surface area contributed by atoms with Gasteiger partial charge in [0.2, 0.25) is 11.8 Å². The van der Waals surface area contributed by atoms with Crippen LogP contribution in [0.4, 0.5) is 11.4 Å². The van der Waals surface area contributed by atoms with Crippen molar-refractivity contribution in [2.45, 2.75) is 23.6 Å². The van der Waals surface area contributed by atoms with E-state index >= 15 is 0 Å². The average Bonchev–Trinajstić information content (AvgIpc) is 3.09. The van der Waals surface area contributed by atoms with E-state index in [0.29, 0.717) is 19.3 Å². The number of carbonyl (C=O) groups is 2. The standard InChI is InChI=1S/C20H19N3O2S2/c1-26-20-23-16-8-7-14(11-17(16)27-20)21-18(24)9-6-13-10-12-4-2-3-5-15(12)22-19(13)25/h2-5,7-8,11,13H,6,9-10H2,1H3,(H,21,24)(H,22,25)/t13-/m1/s1. The Bertz CT molecular complexity index is 1020. The zero-order chi connectivity index (χ0) is 18.8. The van der Waals surface area contributed by atoms with Crippen LogP contribution in [0, 0.1) is 5.92 Å². The maximum Gasteiger partial charge on any atom is 0.227 e. The first kappa shape index (κ1) is 18.0. The van der Waals surface area contributed by atoms with Gasteiger partial charge in [-0.15, -0.1) is 11.3 Å². The van der Waals surface area contributed by atoms with Crippen molar-refractivity contribution in [2.24, 2.45) is 5.92 Å². The maximum atomic E-state index is 12.3. The molecule has 0 bridgehead atoms. The third-order valence-corrected chi connectivity index (χ3v) is 6.66. The fourth-order valence-corrected chi connectivity index (χ4v) is 4.77. The van der Waals surface area contributed by atoms with Crippen LogP contribution in [0.3, 0.4) is 0 Å². The van der Waals surface area contributed by atoms with Crippen LogP contribution in [0.5, 0.6) is 0 Å². The number of thioether (sulfide) groups is 1. The van der Waals surface area contributed by atoms with Crippen LogP contribution in [-0.2, 0) is 16.0 Å². The number of anilines is 2. The second-order valence-electron chi connectivity index (χ2n) is 6.50. The molecule has 0 saturated carbocycles. The van der Waals surface area contributed by atoms with Crippen LogP contribution in [0.1, 0.15) is 18.4 Å². The molecule has 0 unspecified atom stereocenters. The first-order chi connectivity index (χ1) is 13.1. The van der Waals surface area contributed by atoms with E-state index < -0.39 is 0 Å². The monoisotopic (exact) mass is 397 g/mol. The number of nitrogens with zero attached hydrogens (tertiary/aromatic N) is 1. The first-order valence-corrected chi connectivity index (χ1v) is 10.8. The predicted molar refractivity (Wildman–Crippen MR) is 112 cm³/mol. The summed E-state index contributed by atoms with van der Waals surface area (Å²) in [7, 11) is 0. The molecular formula is C20H19N3O2S2. The zero-order valence-corrected chi connectivity index (χ0v) is 16.5. The number of fused-ring (bicyclic) bond motifs is 2. The molecule has 2 aromatic carbocycles. The van der Waals surface area contributed by atoms with Gasteiger partial charge in [-0.3, -0.25) is 9.59 Å². The number of aromatic nitrogens is 1. The minimum absolute atomic E-state index is 0.00262. The zero-order valence-electron chi connectivity index (χ0n) is 14.8. The molecule has 0 aliphatic carbocycles. The molecule has 7 heteroatoms. The summed E-state index contributed by atoms with van der Waals surface area (Å²) in [6, 6.07) is 13.6. The molecule has 1 aliphatic rings.